The Hall–Kier alpha value is -2.69. The Balaban J connectivity index is 1.47. The van der Waals surface area contributed by atoms with Gasteiger partial charge in [0.15, 0.2) is 5.78 Å². The first-order chi connectivity index (χ1) is 14.1. The number of likely N-dealkylation sites (tertiary alicyclic amines) is 1. The predicted octanol–water partition coefficient (Wildman–Crippen LogP) is 3.70. The largest absolute Gasteiger partial charge is 0.469 e. The van der Waals surface area contributed by atoms with E-state index in [0.717, 1.165) is 36.6 Å². The highest BCUT2D eigenvalue weighted by atomic mass is 16.5. The number of hydrogen-bond donors (Lipinski definition) is 0. The molecule has 1 aliphatic carbocycles. The molecule has 0 unspecified atom stereocenters. The third kappa shape index (κ3) is 3.91. The van der Waals surface area contributed by atoms with Crippen molar-refractivity contribution >= 4 is 28.4 Å². The van der Waals surface area contributed by atoms with Gasteiger partial charge in [0.05, 0.1) is 7.11 Å². The summed E-state index contributed by atoms with van der Waals surface area (Å²) in [5, 5.41) is 2.31. The number of esters is 1. The number of hydrogen-bond acceptors (Lipinski definition) is 4. The van der Waals surface area contributed by atoms with Crippen LogP contribution in [0.1, 0.15) is 53.6 Å². The maximum absolute atomic E-state index is 13.4. The Labute approximate surface area is 171 Å². The van der Waals surface area contributed by atoms with Gasteiger partial charge in [-0.2, -0.15) is 0 Å². The third-order valence-electron chi connectivity index (χ3n) is 6.29. The molecular weight excluding hydrogens is 366 g/mol. The van der Waals surface area contributed by atoms with E-state index in [9.17, 15) is 14.4 Å². The molecule has 0 N–H and O–H groups in total. The molecule has 0 bridgehead atoms. The highest BCUT2D eigenvalue weighted by molar-refractivity contribution is 6.11. The number of carbonyl (C=O) groups is 3. The maximum atomic E-state index is 13.4. The quantitative estimate of drug-likeness (QED) is 0.554. The molecule has 1 amide bonds. The summed E-state index contributed by atoms with van der Waals surface area (Å²) in [7, 11) is 1.35. The Morgan fingerprint density at radius 2 is 1.86 bits per heavy atom. The zero-order chi connectivity index (χ0) is 20.4. The van der Waals surface area contributed by atoms with E-state index >= 15 is 0 Å². The predicted molar refractivity (Wildman–Crippen MR) is 111 cm³/mol. The zero-order valence-corrected chi connectivity index (χ0v) is 16.9. The van der Waals surface area contributed by atoms with Crippen molar-refractivity contribution < 1.29 is 19.1 Å². The number of rotatable bonds is 6. The second-order valence-corrected chi connectivity index (χ2v) is 8.08. The molecule has 0 saturated carbocycles. The molecule has 29 heavy (non-hydrogen) atoms. The van der Waals surface area contributed by atoms with Gasteiger partial charge < -0.3 is 9.64 Å². The monoisotopic (exact) mass is 393 g/mol. The van der Waals surface area contributed by atoms with Crippen LogP contribution in [0.4, 0.5) is 0 Å². The van der Waals surface area contributed by atoms with Crippen molar-refractivity contribution in [1.82, 2.24) is 4.90 Å². The summed E-state index contributed by atoms with van der Waals surface area (Å²) in [6.45, 7) is 1.16. The van der Waals surface area contributed by atoms with Crippen molar-refractivity contribution in [3.8, 4) is 0 Å². The van der Waals surface area contributed by atoms with E-state index in [1.807, 2.05) is 12.1 Å². The van der Waals surface area contributed by atoms with Gasteiger partial charge >= 0.3 is 5.97 Å². The van der Waals surface area contributed by atoms with Gasteiger partial charge in [-0.05, 0) is 54.0 Å². The molecule has 0 aromatic heterocycles. The van der Waals surface area contributed by atoms with Crippen LogP contribution in [-0.4, -0.2) is 42.8 Å². The lowest BCUT2D eigenvalue weighted by Gasteiger charge is -2.32. The molecular formula is C24H27NO4. The number of methoxy groups -OCH3 is 1. The van der Waals surface area contributed by atoms with E-state index in [1.165, 1.54) is 23.6 Å². The molecule has 152 valence electrons. The number of ether oxygens (including phenoxy) is 1. The topological polar surface area (TPSA) is 63.7 Å². The van der Waals surface area contributed by atoms with Crippen molar-refractivity contribution in [2.24, 2.45) is 5.92 Å². The highest BCUT2D eigenvalue weighted by Gasteiger charge is 2.30. The molecule has 0 spiro atoms. The molecule has 2 aliphatic rings. The van der Waals surface area contributed by atoms with Crippen LogP contribution in [0.25, 0.3) is 10.8 Å². The first-order valence-electron chi connectivity index (χ1n) is 10.5. The van der Waals surface area contributed by atoms with Gasteiger partial charge in [-0.3, -0.25) is 14.4 Å². The molecule has 1 aliphatic heterocycles. The van der Waals surface area contributed by atoms with E-state index in [2.05, 4.69) is 22.9 Å². The Kier molecular flexibility index (Phi) is 5.65. The van der Waals surface area contributed by atoms with Gasteiger partial charge in [0.2, 0.25) is 5.91 Å². The minimum atomic E-state index is -0.295. The number of nitrogens with zero attached hydrogens (tertiary/aromatic N) is 1. The fourth-order valence-corrected chi connectivity index (χ4v) is 4.74. The van der Waals surface area contributed by atoms with Crippen LogP contribution < -0.4 is 0 Å². The second kappa shape index (κ2) is 8.36. The number of Topliss-reactive ketones (excluding diaryl/α,β-unsaturated/α-hetero) is 1. The van der Waals surface area contributed by atoms with Crippen LogP contribution in [-0.2, 0) is 27.2 Å². The molecule has 1 atom stereocenters. The van der Waals surface area contributed by atoms with Gasteiger partial charge in [-0.25, -0.2) is 0 Å². The van der Waals surface area contributed by atoms with Crippen molar-refractivity contribution in [1.29, 1.82) is 0 Å². The van der Waals surface area contributed by atoms with E-state index in [4.69, 9.17) is 0 Å². The van der Waals surface area contributed by atoms with Crippen LogP contribution in [0.3, 0.4) is 0 Å². The molecule has 1 saturated heterocycles. The average molecular weight is 393 g/mol. The van der Waals surface area contributed by atoms with Crippen molar-refractivity contribution in [3.63, 3.8) is 0 Å². The maximum Gasteiger partial charge on any atom is 0.305 e. The SMILES string of the molecule is COC(=O)CCCC(=O)N1CCC[C@@H](C(=O)c2ccc3c4c(cccc24)CC3)C1. The van der Waals surface area contributed by atoms with Crippen molar-refractivity contribution in [2.75, 3.05) is 20.2 Å². The summed E-state index contributed by atoms with van der Waals surface area (Å²) in [5.74, 6) is -0.289. The summed E-state index contributed by atoms with van der Waals surface area (Å²) in [5.41, 5.74) is 3.45. The van der Waals surface area contributed by atoms with Gasteiger partial charge in [0.1, 0.15) is 0 Å². The lowest BCUT2D eigenvalue weighted by Crippen LogP contribution is -2.42. The summed E-state index contributed by atoms with van der Waals surface area (Å²) in [6.07, 6.45) is 4.78. The first-order valence-corrected chi connectivity index (χ1v) is 10.5. The van der Waals surface area contributed by atoms with Crippen LogP contribution in [0.5, 0.6) is 0 Å². The molecule has 2 aromatic carbocycles. The van der Waals surface area contributed by atoms with Crippen LogP contribution in [0.15, 0.2) is 30.3 Å². The minimum Gasteiger partial charge on any atom is -0.469 e. The standard InChI is InChI=1S/C24H27NO4/c1-29-22(27)9-3-8-21(26)25-14-4-6-18(15-25)24(28)20-13-12-17-11-10-16-5-2-7-19(20)23(16)17/h2,5,7,12-13,18H,3-4,6,8-11,14-15H2,1H3/t18-/m1/s1. The van der Waals surface area contributed by atoms with Crippen molar-refractivity contribution in [2.45, 2.75) is 44.9 Å². The number of piperidine rings is 1. The zero-order valence-electron chi connectivity index (χ0n) is 16.9. The number of aryl methyl sites for hydroxylation is 2. The summed E-state index contributed by atoms with van der Waals surface area (Å²) in [6, 6.07) is 10.3. The number of carbonyl (C=O) groups excluding carboxylic acids is 3. The molecule has 4 rings (SSSR count). The fraction of sp³-hybridized carbons (Fsp3) is 0.458. The number of ketones is 1. The first kappa shape index (κ1) is 19.6. The molecule has 2 aromatic rings. The lowest BCUT2D eigenvalue weighted by atomic mass is 9.87. The molecule has 0 radical (unpaired) electrons. The van der Waals surface area contributed by atoms with Gasteiger partial charge in [0.25, 0.3) is 0 Å². The number of benzene rings is 2. The second-order valence-electron chi connectivity index (χ2n) is 8.08. The average Bonchev–Trinajstić information content (AvgIpc) is 3.18. The van der Waals surface area contributed by atoms with E-state index in [0.29, 0.717) is 25.9 Å². The smallest absolute Gasteiger partial charge is 0.305 e. The van der Waals surface area contributed by atoms with Crippen molar-refractivity contribution in [3.05, 3.63) is 47.0 Å². The Morgan fingerprint density at radius 3 is 2.66 bits per heavy atom. The van der Waals surface area contributed by atoms with Gasteiger partial charge in [0, 0.05) is 37.4 Å². The minimum absolute atomic E-state index is 0.0202. The molecule has 5 heteroatoms. The Bertz CT molecular complexity index is 955. The van der Waals surface area contributed by atoms with Gasteiger partial charge in [-0.1, -0.05) is 30.3 Å². The van der Waals surface area contributed by atoms with Gasteiger partial charge in [-0.15, -0.1) is 0 Å². The lowest BCUT2D eigenvalue weighted by molar-refractivity contribution is -0.141. The van der Waals surface area contributed by atoms with Crippen LogP contribution >= 0.6 is 0 Å². The van der Waals surface area contributed by atoms with E-state index in [1.54, 1.807) is 4.90 Å². The Morgan fingerprint density at radius 1 is 1.07 bits per heavy atom. The number of amides is 1. The molecule has 5 nitrogen and oxygen atoms in total. The highest BCUT2D eigenvalue weighted by Crippen LogP contribution is 2.34. The summed E-state index contributed by atoms with van der Waals surface area (Å²) >= 11 is 0. The summed E-state index contributed by atoms with van der Waals surface area (Å²) in [4.78, 5) is 38.9. The van der Waals surface area contributed by atoms with E-state index in [-0.39, 0.29) is 30.0 Å². The molecule has 1 heterocycles. The fourth-order valence-electron chi connectivity index (χ4n) is 4.74. The third-order valence-corrected chi connectivity index (χ3v) is 6.29. The summed E-state index contributed by atoms with van der Waals surface area (Å²) < 4.78 is 4.62. The molecule has 1 fully saturated rings. The van der Waals surface area contributed by atoms with Crippen LogP contribution in [0, 0.1) is 5.92 Å². The normalized spacial score (nSPS) is 18.1. The van der Waals surface area contributed by atoms with E-state index < -0.39 is 0 Å². The van der Waals surface area contributed by atoms with Crippen LogP contribution in [0.2, 0.25) is 0 Å².